The molecule has 5 heteroatoms. The molecule has 0 bridgehead atoms. The van der Waals surface area contributed by atoms with Crippen molar-refractivity contribution in [3.8, 4) is 12.1 Å². The van der Waals surface area contributed by atoms with E-state index >= 15 is 0 Å². The van der Waals surface area contributed by atoms with Crippen LogP contribution in [0.1, 0.15) is 18.6 Å². The van der Waals surface area contributed by atoms with E-state index in [1.54, 1.807) is 24.3 Å². The molecule has 0 saturated carbocycles. The number of hydrogen-bond donors (Lipinski definition) is 0. The second kappa shape index (κ2) is 15.7. The monoisotopic (exact) mass is 487 g/mol. The van der Waals surface area contributed by atoms with Gasteiger partial charge in [0.2, 0.25) is 0 Å². The molecule has 0 unspecified atom stereocenters. The third-order valence-corrected chi connectivity index (χ3v) is 1.81. The van der Waals surface area contributed by atoms with Gasteiger partial charge in [-0.05, 0) is 24.3 Å². The van der Waals surface area contributed by atoms with Crippen LogP contribution in [0.15, 0.2) is 60.7 Å². The minimum absolute atomic E-state index is 0. The molecule has 0 radical (unpaired) electrons. The maximum absolute atomic E-state index is 8.29. The molecule has 2 aromatic rings. The van der Waals surface area contributed by atoms with Crippen LogP contribution >= 0.6 is 18.8 Å². The predicted molar refractivity (Wildman–Crippen MR) is 80.8 cm³/mol. The van der Waals surface area contributed by atoms with E-state index in [4.69, 9.17) is 29.4 Å². The first kappa shape index (κ1) is 21.0. The van der Waals surface area contributed by atoms with Gasteiger partial charge in [0.05, 0.1) is 23.3 Å². The van der Waals surface area contributed by atoms with Crippen molar-refractivity contribution >= 4 is 18.8 Å². The zero-order chi connectivity index (χ0) is 14.3. The molecule has 2 rings (SSSR count). The second-order valence-corrected chi connectivity index (χ2v) is 6.28. The van der Waals surface area contributed by atoms with Gasteiger partial charge in [0.25, 0.3) is 0 Å². The Morgan fingerprint density at radius 2 is 0.950 bits per heavy atom. The van der Waals surface area contributed by atoms with E-state index in [2.05, 4.69) is 0 Å². The average molecular weight is 488 g/mol. The van der Waals surface area contributed by atoms with Crippen molar-refractivity contribution in [2.45, 2.75) is 7.43 Å². The standard InChI is InChI=1S/2C7H5N.CH4.2ClH.Pt/c2*8-6-7-4-2-1-3-5-7;;;;/h2*1-5H;1H4;2*1H;/q;;;;;+2/p-2. The Kier molecular flexibility index (Phi) is 16.5. The normalized spacial score (nSPS) is 7.40. The van der Waals surface area contributed by atoms with Gasteiger partial charge in [-0.15, -0.1) is 0 Å². The summed E-state index contributed by atoms with van der Waals surface area (Å²) in [5, 5.41) is 16.6. The van der Waals surface area contributed by atoms with E-state index in [0.29, 0.717) is 11.1 Å². The van der Waals surface area contributed by atoms with Crippen molar-refractivity contribution in [3.63, 3.8) is 0 Å². The summed E-state index contributed by atoms with van der Waals surface area (Å²) < 4.78 is 0. The van der Waals surface area contributed by atoms with Crippen molar-refractivity contribution in [2.24, 2.45) is 0 Å². The number of rotatable bonds is 0. The summed E-state index contributed by atoms with van der Waals surface area (Å²) in [7, 11) is 9.75. The van der Waals surface area contributed by atoms with Crippen LogP contribution in [-0.4, -0.2) is 0 Å². The molecular formula is C15H14Cl2N2Pt. The molecule has 0 heterocycles. The Morgan fingerprint density at radius 3 is 1.10 bits per heavy atom. The van der Waals surface area contributed by atoms with E-state index in [9.17, 15) is 0 Å². The van der Waals surface area contributed by atoms with Crippen LogP contribution in [0.3, 0.4) is 0 Å². The van der Waals surface area contributed by atoms with Gasteiger partial charge in [-0.1, -0.05) is 43.8 Å². The van der Waals surface area contributed by atoms with Crippen molar-refractivity contribution in [2.75, 3.05) is 0 Å². The van der Waals surface area contributed by atoms with Gasteiger partial charge in [-0.3, -0.25) is 0 Å². The number of benzene rings is 2. The number of hydrogen-bond acceptors (Lipinski definition) is 2. The predicted octanol–water partition coefficient (Wildman–Crippen LogP) is 5.13. The molecule has 0 fully saturated rings. The minimum atomic E-state index is -0.472. The molecule has 0 aliphatic rings. The quantitative estimate of drug-likeness (QED) is 0.517. The molecule has 0 atom stereocenters. The van der Waals surface area contributed by atoms with Crippen LogP contribution in [0, 0.1) is 22.7 Å². The summed E-state index contributed by atoms with van der Waals surface area (Å²) in [4.78, 5) is 0. The topological polar surface area (TPSA) is 47.6 Å². The molecule has 0 amide bonds. The Bertz CT molecular complexity index is 470. The van der Waals surface area contributed by atoms with Gasteiger partial charge in [0.1, 0.15) is 0 Å². The number of halogens is 2. The van der Waals surface area contributed by atoms with E-state index in [0.717, 1.165) is 0 Å². The van der Waals surface area contributed by atoms with E-state index in [-0.39, 0.29) is 7.43 Å². The molecular weight excluding hydrogens is 474 g/mol. The third kappa shape index (κ3) is 11.8. The summed E-state index contributed by atoms with van der Waals surface area (Å²) in [6.07, 6.45) is 0. The van der Waals surface area contributed by atoms with Crippen molar-refractivity contribution in [1.82, 2.24) is 0 Å². The van der Waals surface area contributed by atoms with Gasteiger partial charge in [0, 0.05) is 0 Å². The molecule has 0 spiro atoms. The van der Waals surface area contributed by atoms with E-state index < -0.39 is 16.5 Å². The van der Waals surface area contributed by atoms with Crippen molar-refractivity contribution in [3.05, 3.63) is 71.8 Å². The first-order valence-corrected chi connectivity index (χ1v) is 10.6. The fraction of sp³-hybridized carbons (Fsp3) is 0.0667. The summed E-state index contributed by atoms with van der Waals surface area (Å²) in [6, 6.07) is 22.3. The van der Waals surface area contributed by atoms with Gasteiger partial charge < -0.3 is 0 Å². The van der Waals surface area contributed by atoms with Crippen LogP contribution in [0.4, 0.5) is 0 Å². The Hall–Kier alpha value is -1.31. The zero-order valence-electron chi connectivity index (χ0n) is 9.74. The molecule has 2 nitrogen and oxygen atoms in total. The summed E-state index contributed by atoms with van der Waals surface area (Å²) in [6.45, 7) is 0. The Labute approximate surface area is 137 Å². The fourth-order valence-corrected chi connectivity index (χ4v) is 1.03. The van der Waals surface area contributed by atoms with Crippen molar-refractivity contribution in [1.29, 1.82) is 10.5 Å². The SMILES string of the molecule is C.N#Cc1ccccc1.N#Cc1ccccc1.[Cl][Pt][Cl]. The summed E-state index contributed by atoms with van der Waals surface area (Å²) in [5.74, 6) is 0. The fourth-order valence-electron chi connectivity index (χ4n) is 1.03. The molecule has 0 aliphatic heterocycles. The first-order chi connectivity index (χ1) is 9.28. The Balaban J connectivity index is 0. The van der Waals surface area contributed by atoms with Crippen molar-refractivity contribution < 1.29 is 16.5 Å². The number of nitrogens with zero attached hydrogens (tertiary/aromatic N) is 2. The van der Waals surface area contributed by atoms with Gasteiger partial charge in [-0.2, -0.15) is 10.5 Å². The van der Waals surface area contributed by atoms with Crippen LogP contribution < -0.4 is 0 Å². The van der Waals surface area contributed by atoms with Gasteiger partial charge >= 0.3 is 35.3 Å². The van der Waals surface area contributed by atoms with Crippen LogP contribution in [0.5, 0.6) is 0 Å². The third-order valence-electron chi connectivity index (χ3n) is 1.81. The second-order valence-electron chi connectivity index (χ2n) is 3.00. The molecule has 20 heavy (non-hydrogen) atoms. The Morgan fingerprint density at radius 1 is 0.700 bits per heavy atom. The molecule has 0 aliphatic carbocycles. The van der Waals surface area contributed by atoms with E-state index in [1.165, 1.54) is 0 Å². The molecule has 0 saturated heterocycles. The van der Waals surface area contributed by atoms with Crippen LogP contribution in [-0.2, 0) is 16.5 Å². The molecule has 0 aromatic heterocycles. The van der Waals surface area contributed by atoms with Crippen LogP contribution in [0.2, 0.25) is 0 Å². The summed E-state index contributed by atoms with van der Waals surface area (Å²) in [5.41, 5.74) is 1.43. The summed E-state index contributed by atoms with van der Waals surface area (Å²) >= 11 is -0.472. The number of nitriles is 2. The first-order valence-electron chi connectivity index (χ1n) is 5.01. The van der Waals surface area contributed by atoms with Gasteiger partial charge in [-0.25, -0.2) is 0 Å². The molecule has 108 valence electrons. The van der Waals surface area contributed by atoms with E-state index in [1.807, 2.05) is 48.5 Å². The molecule has 0 N–H and O–H groups in total. The average Bonchev–Trinajstić information content (AvgIpc) is 2.50. The van der Waals surface area contributed by atoms with Crippen LogP contribution in [0.25, 0.3) is 0 Å². The molecule has 2 aromatic carbocycles. The zero-order valence-corrected chi connectivity index (χ0v) is 13.5. The van der Waals surface area contributed by atoms with Gasteiger partial charge in [0.15, 0.2) is 0 Å². The maximum atomic E-state index is 8.29.